The highest BCUT2D eigenvalue weighted by atomic mass is 127. The van der Waals surface area contributed by atoms with Crippen LogP contribution in [0.2, 0.25) is 0 Å². The standard InChI is InChI=1S/C21H31N7O.HI/c1-4-22-21(28-12-9-17(10-13-28)19-24-15-25-26-19)23-11-8-16-6-5-7-18(14-16)20(29)27(2)3;/h5-7,14-15,17H,4,8-13H2,1-3H3,(H,22,23)(H,24,25,26);1H. The molecule has 9 heteroatoms. The van der Waals surface area contributed by atoms with Crippen LogP contribution in [0.3, 0.4) is 0 Å². The zero-order valence-corrected chi connectivity index (χ0v) is 20.3. The Labute approximate surface area is 195 Å². The van der Waals surface area contributed by atoms with Crippen LogP contribution in [0.4, 0.5) is 0 Å². The van der Waals surface area contributed by atoms with E-state index in [9.17, 15) is 4.79 Å². The molecule has 8 nitrogen and oxygen atoms in total. The molecular weight excluding hydrogens is 493 g/mol. The number of aromatic amines is 1. The number of rotatable bonds is 6. The van der Waals surface area contributed by atoms with Gasteiger partial charge in [-0.3, -0.25) is 14.9 Å². The summed E-state index contributed by atoms with van der Waals surface area (Å²) in [6, 6.07) is 7.82. The molecule has 1 aromatic heterocycles. The number of carbonyl (C=O) groups is 1. The molecule has 0 radical (unpaired) electrons. The molecule has 0 atom stereocenters. The number of piperidine rings is 1. The van der Waals surface area contributed by atoms with Crippen LogP contribution in [-0.2, 0) is 6.42 Å². The van der Waals surface area contributed by atoms with E-state index in [1.807, 2.05) is 18.2 Å². The molecule has 1 aliphatic heterocycles. The zero-order chi connectivity index (χ0) is 20.6. The average Bonchev–Trinajstić information content (AvgIpc) is 3.28. The van der Waals surface area contributed by atoms with Crippen molar-refractivity contribution >= 4 is 35.8 Å². The number of benzene rings is 1. The maximum Gasteiger partial charge on any atom is 0.253 e. The normalized spacial score (nSPS) is 14.9. The van der Waals surface area contributed by atoms with Crippen LogP contribution in [0.25, 0.3) is 0 Å². The van der Waals surface area contributed by atoms with E-state index in [0.29, 0.717) is 12.5 Å². The quantitative estimate of drug-likeness (QED) is 0.344. The van der Waals surface area contributed by atoms with E-state index in [4.69, 9.17) is 4.99 Å². The van der Waals surface area contributed by atoms with Crippen molar-refractivity contribution in [3.8, 4) is 0 Å². The molecule has 0 bridgehead atoms. The number of aliphatic imine (C=N–C) groups is 1. The maximum atomic E-state index is 12.2. The van der Waals surface area contributed by atoms with Crippen LogP contribution in [-0.4, -0.2) is 77.1 Å². The second-order valence-corrected chi connectivity index (χ2v) is 7.52. The summed E-state index contributed by atoms with van der Waals surface area (Å²) < 4.78 is 0. The first-order valence-corrected chi connectivity index (χ1v) is 10.3. The summed E-state index contributed by atoms with van der Waals surface area (Å²) >= 11 is 0. The summed E-state index contributed by atoms with van der Waals surface area (Å²) in [5.41, 5.74) is 1.85. The predicted octanol–water partition coefficient (Wildman–Crippen LogP) is 2.51. The summed E-state index contributed by atoms with van der Waals surface area (Å²) in [5, 5.41) is 10.4. The number of halogens is 1. The topological polar surface area (TPSA) is 89.5 Å². The first kappa shape index (κ1) is 24.1. The van der Waals surface area contributed by atoms with Gasteiger partial charge in [-0.25, -0.2) is 4.98 Å². The number of carbonyl (C=O) groups excluding carboxylic acids is 1. The van der Waals surface area contributed by atoms with E-state index >= 15 is 0 Å². The molecule has 0 unspecified atom stereocenters. The molecule has 0 aliphatic carbocycles. The molecule has 0 saturated carbocycles. The number of guanidine groups is 1. The Hall–Kier alpha value is -2.17. The van der Waals surface area contributed by atoms with Gasteiger partial charge in [-0.15, -0.1) is 24.0 Å². The molecule has 3 rings (SSSR count). The van der Waals surface area contributed by atoms with Crippen LogP contribution in [0.1, 0.15) is 47.4 Å². The largest absolute Gasteiger partial charge is 0.357 e. The Morgan fingerprint density at radius 2 is 2.10 bits per heavy atom. The Balaban J connectivity index is 0.00000320. The first-order chi connectivity index (χ1) is 14.1. The van der Waals surface area contributed by atoms with E-state index in [1.54, 1.807) is 25.3 Å². The third-order valence-corrected chi connectivity index (χ3v) is 5.19. The SMILES string of the molecule is CCNC(=NCCc1cccc(C(=O)N(C)C)c1)N1CCC(c2ncn[nH]2)CC1.I. The van der Waals surface area contributed by atoms with Gasteiger partial charge in [-0.1, -0.05) is 12.1 Å². The summed E-state index contributed by atoms with van der Waals surface area (Å²) in [7, 11) is 3.54. The lowest BCUT2D eigenvalue weighted by atomic mass is 9.96. The fourth-order valence-corrected chi connectivity index (χ4v) is 3.61. The van der Waals surface area contributed by atoms with Gasteiger partial charge in [0.2, 0.25) is 0 Å². The van der Waals surface area contributed by atoms with Crippen molar-refractivity contribution in [2.75, 3.05) is 40.3 Å². The van der Waals surface area contributed by atoms with Crippen molar-refractivity contribution < 1.29 is 4.79 Å². The number of H-pyrrole nitrogens is 1. The lowest BCUT2D eigenvalue weighted by molar-refractivity contribution is 0.0827. The number of aromatic nitrogens is 3. The molecule has 1 fully saturated rings. The van der Waals surface area contributed by atoms with Crippen molar-refractivity contribution in [1.82, 2.24) is 30.3 Å². The molecule has 30 heavy (non-hydrogen) atoms. The van der Waals surface area contributed by atoms with E-state index in [0.717, 1.165) is 61.8 Å². The second-order valence-electron chi connectivity index (χ2n) is 7.52. The molecule has 2 heterocycles. The summed E-state index contributed by atoms with van der Waals surface area (Å²) in [6.07, 6.45) is 4.45. The van der Waals surface area contributed by atoms with Gasteiger partial charge in [-0.2, -0.15) is 5.10 Å². The molecule has 2 aromatic rings. The smallest absolute Gasteiger partial charge is 0.253 e. The Kier molecular flexibility index (Phi) is 9.54. The van der Waals surface area contributed by atoms with Crippen molar-refractivity contribution in [3.63, 3.8) is 0 Å². The van der Waals surface area contributed by atoms with Gasteiger partial charge < -0.3 is 15.1 Å². The average molecular weight is 525 g/mol. The van der Waals surface area contributed by atoms with Gasteiger partial charge in [0.05, 0.1) is 0 Å². The van der Waals surface area contributed by atoms with Crippen LogP contribution in [0.5, 0.6) is 0 Å². The second kappa shape index (κ2) is 11.9. The van der Waals surface area contributed by atoms with Gasteiger partial charge in [0.15, 0.2) is 5.96 Å². The third kappa shape index (κ3) is 6.41. The van der Waals surface area contributed by atoms with E-state index in [1.165, 1.54) is 0 Å². The van der Waals surface area contributed by atoms with Crippen molar-refractivity contribution in [2.45, 2.75) is 32.1 Å². The number of nitrogens with zero attached hydrogens (tertiary/aromatic N) is 5. The van der Waals surface area contributed by atoms with Crippen molar-refractivity contribution in [2.24, 2.45) is 4.99 Å². The molecule has 1 aliphatic rings. The molecule has 164 valence electrons. The highest BCUT2D eigenvalue weighted by Crippen LogP contribution is 2.24. The maximum absolute atomic E-state index is 12.2. The number of hydrogen-bond donors (Lipinski definition) is 2. The number of amides is 1. The zero-order valence-electron chi connectivity index (χ0n) is 18.0. The molecule has 1 saturated heterocycles. The van der Waals surface area contributed by atoms with Crippen LogP contribution >= 0.6 is 24.0 Å². The number of hydrogen-bond acceptors (Lipinski definition) is 4. The molecule has 1 aromatic carbocycles. The predicted molar refractivity (Wildman–Crippen MR) is 129 cm³/mol. The number of likely N-dealkylation sites (tertiary alicyclic amines) is 1. The summed E-state index contributed by atoms with van der Waals surface area (Å²) in [6.45, 7) is 5.51. The van der Waals surface area contributed by atoms with Gasteiger partial charge >= 0.3 is 0 Å². The van der Waals surface area contributed by atoms with Crippen LogP contribution in [0.15, 0.2) is 35.6 Å². The van der Waals surface area contributed by atoms with Gasteiger partial charge in [0.1, 0.15) is 12.2 Å². The highest BCUT2D eigenvalue weighted by Gasteiger charge is 2.24. The molecule has 1 amide bonds. The first-order valence-electron chi connectivity index (χ1n) is 10.3. The Morgan fingerprint density at radius 1 is 1.33 bits per heavy atom. The third-order valence-electron chi connectivity index (χ3n) is 5.19. The fraction of sp³-hybridized carbons (Fsp3) is 0.524. The Bertz CT molecular complexity index is 815. The molecular formula is C21H32IN7O. The van der Waals surface area contributed by atoms with E-state index < -0.39 is 0 Å². The monoisotopic (exact) mass is 525 g/mol. The van der Waals surface area contributed by atoms with Gasteiger partial charge in [-0.05, 0) is 43.9 Å². The minimum atomic E-state index is 0. The van der Waals surface area contributed by atoms with E-state index in [-0.39, 0.29) is 29.9 Å². The minimum Gasteiger partial charge on any atom is -0.357 e. The molecule has 0 spiro atoms. The summed E-state index contributed by atoms with van der Waals surface area (Å²) in [5.74, 6) is 2.41. The fourth-order valence-electron chi connectivity index (χ4n) is 3.61. The van der Waals surface area contributed by atoms with Crippen molar-refractivity contribution in [1.29, 1.82) is 0 Å². The lowest BCUT2D eigenvalue weighted by Gasteiger charge is -2.33. The Morgan fingerprint density at radius 3 is 2.73 bits per heavy atom. The summed E-state index contributed by atoms with van der Waals surface area (Å²) in [4.78, 5) is 25.2. The van der Waals surface area contributed by atoms with Gasteiger partial charge in [0, 0.05) is 51.8 Å². The minimum absolute atomic E-state index is 0. The van der Waals surface area contributed by atoms with E-state index in [2.05, 4.69) is 38.4 Å². The van der Waals surface area contributed by atoms with Gasteiger partial charge in [0.25, 0.3) is 5.91 Å². The lowest BCUT2D eigenvalue weighted by Crippen LogP contribution is -2.45. The van der Waals surface area contributed by atoms with Crippen molar-refractivity contribution in [3.05, 3.63) is 47.5 Å². The van der Waals surface area contributed by atoms with Crippen LogP contribution < -0.4 is 5.32 Å². The molecule has 2 N–H and O–H groups in total. The van der Waals surface area contributed by atoms with Crippen LogP contribution in [0, 0.1) is 0 Å². The number of nitrogens with one attached hydrogen (secondary N) is 2. The highest BCUT2D eigenvalue weighted by molar-refractivity contribution is 14.0.